The summed E-state index contributed by atoms with van der Waals surface area (Å²) in [7, 11) is 0. The van der Waals surface area contributed by atoms with Crippen molar-refractivity contribution in [1.29, 1.82) is 0 Å². The molecule has 0 spiro atoms. The Morgan fingerprint density at radius 2 is 1.23 bits per heavy atom. The van der Waals surface area contributed by atoms with Crippen LogP contribution in [0, 0.1) is 12.1 Å². The normalized spacial score (nSPS) is 10.3. The summed E-state index contributed by atoms with van der Waals surface area (Å²) in [6, 6.07) is 50.7. The fourth-order valence-corrected chi connectivity index (χ4v) is 4.44. The van der Waals surface area contributed by atoms with Crippen molar-refractivity contribution in [3.63, 3.8) is 0 Å². The molecule has 4 heteroatoms. The van der Waals surface area contributed by atoms with Crippen LogP contribution in [0.15, 0.2) is 150 Å². The Labute approximate surface area is 247 Å². The van der Waals surface area contributed by atoms with Crippen molar-refractivity contribution in [1.82, 2.24) is 9.97 Å². The van der Waals surface area contributed by atoms with Gasteiger partial charge in [0.1, 0.15) is 11.3 Å². The van der Waals surface area contributed by atoms with E-state index in [0.29, 0.717) is 0 Å². The van der Waals surface area contributed by atoms with Crippen molar-refractivity contribution in [3.8, 4) is 45.0 Å². The van der Waals surface area contributed by atoms with Crippen LogP contribution in [0.1, 0.15) is 0 Å². The van der Waals surface area contributed by atoms with Crippen molar-refractivity contribution in [2.45, 2.75) is 0 Å². The van der Waals surface area contributed by atoms with Gasteiger partial charge in [0.2, 0.25) is 0 Å². The molecule has 0 atom stereocenters. The first-order chi connectivity index (χ1) is 19.3. The third-order valence-corrected chi connectivity index (χ3v) is 6.32. The number of hydrogen-bond donors (Lipinski definition) is 0. The van der Waals surface area contributed by atoms with Gasteiger partial charge in [-0.05, 0) is 46.8 Å². The number of pyridine rings is 2. The van der Waals surface area contributed by atoms with Gasteiger partial charge in [0.15, 0.2) is 0 Å². The van der Waals surface area contributed by atoms with E-state index in [-0.39, 0.29) is 20.1 Å². The van der Waals surface area contributed by atoms with Crippen LogP contribution >= 0.6 is 0 Å². The average molecular weight is 693 g/mol. The number of aromatic nitrogens is 2. The third kappa shape index (κ3) is 6.15. The van der Waals surface area contributed by atoms with Gasteiger partial charge in [-0.15, -0.1) is 65.7 Å². The van der Waals surface area contributed by atoms with Crippen molar-refractivity contribution >= 4 is 11.0 Å². The molecule has 3 heterocycles. The molecule has 195 valence electrons. The maximum absolute atomic E-state index is 6.17. The van der Waals surface area contributed by atoms with E-state index in [4.69, 9.17) is 4.42 Å². The zero-order valence-electron chi connectivity index (χ0n) is 21.5. The zero-order chi connectivity index (χ0) is 26.3. The third-order valence-electron chi connectivity index (χ3n) is 6.32. The van der Waals surface area contributed by atoms with Crippen LogP contribution in [-0.2, 0) is 20.1 Å². The second-order valence-corrected chi connectivity index (χ2v) is 8.89. The molecule has 0 N–H and O–H groups in total. The minimum Gasteiger partial charge on any atom is -0.458 e. The minimum absolute atomic E-state index is 0. The second kappa shape index (κ2) is 12.9. The van der Waals surface area contributed by atoms with E-state index in [0.717, 1.165) is 44.8 Å². The Morgan fingerprint density at radius 3 is 1.93 bits per heavy atom. The quantitative estimate of drug-likeness (QED) is 0.173. The Kier molecular flexibility index (Phi) is 8.72. The molecule has 0 aliphatic carbocycles. The van der Waals surface area contributed by atoms with Gasteiger partial charge in [0.05, 0.1) is 0 Å². The van der Waals surface area contributed by atoms with E-state index in [9.17, 15) is 0 Å². The first-order valence-corrected chi connectivity index (χ1v) is 12.7. The molecule has 1 radical (unpaired) electrons. The smallest absolute Gasteiger partial charge is 0.135 e. The zero-order valence-corrected chi connectivity index (χ0v) is 23.9. The van der Waals surface area contributed by atoms with Gasteiger partial charge in [0, 0.05) is 37.9 Å². The van der Waals surface area contributed by atoms with Crippen LogP contribution in [0.2, 0.25) is 0 Å². The number of rotatable bonds is 4. The molecule has 0 amide bonds. The summed E-state index contributed by atoms with van der Waals surface area (Å²) in [5, 5.41) is 1.12. The predicted molar refractivity (Wildman–Crippen MR) is 158 cm³/mol. The number of furan rings is 1. The number of fused-ring (bicyclic) bond motifs is 1. The number of benzene rings is 4. The van der Waals surface area contributed by atoms with Crippen molar-refractivity contribution < 1.29 is 24.5 Å². The van der Waals surface area contributed by atoms with Crippen LogP contribution in [0.4, 0.5) is 0 Å². The molecule has 0 saturated heterocycles. The summed E-state index contributed by atoms with van der Waals surface area (Å²) < 4.78 is 6.17. The molecule has 0 fully saturated rings. The van der Waals surface area contributed by atoms with Crippen LogP contribution in [0.3, 0.4) is 0 Å². The van der Waals surface area contributed by atoms with Crippen LogP contribution in [0.5, 0.6) is 0 Å². The fraction of sp³-hybridized carbons (Fsp3) is 0. The van der Waals surface area contributed by atoms with Gasteiger partial charge in [-0.25, -0.2) is 0 Å². The Balaban J connectivity index is 0.000000209. The minimum atomic E-state index is 0. The Hall–Kier alpha value is -4.63. The number of hydrogen-bond acceptors (Lipinski definition) is 3. The van der Waals surface area contributed by atoms with Crippen LogP contribution in [-0.4, -0.2) is 9.97 Å². The number of nitrogens with zero attached hydrogens (tertiary/aromatic N) is 2. The van der Waals surface area contributed by atoms with Crippen molar-refractivity contribution in [3.05, 3.63) is 158 Å². The van der Waals surface area contributed by atoms with Gasteiger partial charge >= 0.3 is 0 Å². The van der Waals surface area contributed by atoms with Gasteiger partial charge in [-0.1, -0.05) is 72.3 Å². The van der Waals surface area contributed by atoms with Gasteiger partial charge < -0.3 is 14.4 Å². The molecule has 0 aliphatic rings. The monoisotopic (exact) mass is 693 g/mol. The van der Waals surface area contributed by atoms with Crippen molar-refractivity contribution in [2.24, 2.45) is 0 Å². The predicted octanol–water partition coefficient (Wildman–Crippen LogP) is 9.18. The van der Waals surface area contributed by atoms with Gasteiger partial charge in [-0.3, -0.25) is 0 Å². The summed E-state index contributed by atoms with van der Waals surface area (Å²) in [5.41, 5.74) is 8.14. The first-order valence-electron chi connectivity index (χ1n) is 12.7. The van der Waals surface area contributed by atoms with Crippen molar-refractivity contribution in [2.75, 3.05) is 0 Å². The SMILES string of the molecule is [Ir].[c-]1ccc(-c2cc3c(-c4ccccc4)cccc3o2)cc1-c1ccccn1.[c-]1ccccc1-c1ccccn1. The molecule has 3 nitrogen and oxygen atoms in total. The molecule has 7 rings (SSSR count). The molecule has 4 aromatic carbocycles. The first kappa shape index (κ1) is 27.0. The molecule has 0 aliphatic heterocycles. The maximum Gasteiger partial charge on any atom is 0.135 e. The molecule has 0 bridgehead atoms. The van der Waals surface area contributed by atoms with E-state index in [1.807, 2.05) is 91.0 Å². The van der Waals surface area contributed by atoms with Crippen LogP contribution < -0.4 is 0 Å². The molecule has 40 heavy (non-hydrogen) atoms. The summed E-state index contributed by atoms with van der Waals surface area (Å²) in [4.78, 5) is 8.64. The Morgan fingerprint density at radius 1 is 0.525 bits per heavy atom. The molecular weight excluding hydrogens is 669 g/mol. The van der Waals surface area contributed by atoms with E-state index in [1.165, 1.54) is 11.1 Å². The molecule has 3 aromatic heterocycles. The summed E-state index contributed by atoms with van der Waals surface area (Å²) in [6.07, 6.45) is 3.58. The fourth-order valence-electron chi connectivity index (χ4n) is 4.44. The maximum atomic E-state index is 6.17. The van der Waals surface area contributed by atoms with E-state index < -0.39 is 0 Å². The largest absolute Gasteiger partial charge is 0.458 e. The standard InChI is InChI=1S/C25H16NO.C11H8N.Ir/c1-2-8-18(9-3-1)21-12-7-14-24-22(21)17-25(27-24)20-11-6-10-19(16-20)23-13-4-5-15-26-23;1-2-6-10(7-3-1)11-8-4-5-9-12-11;/h1-9,11-17H;1-6,8-9H;/q2*-1;. The topological polar surface area (TPSA) is 38.9 Å². The summed E-state index contributed by atoms with van der Waals surface area (Å²) >= 11 is 0. The van der Waals surface area contributed by atoms with Gasteiger partial charge in [0.25, 0.3) is 0 Å². The molecular formula is C36H24IrN2O-2. The molecule has 0 unspecified atom stereocenters. The van der Waals surface area contributed by atoms with Crippen LogP contribution in [0.25, 0.3) is 55.9 Å². The average Bonchev–Trinajstić information content (AvgIpc) is 3.48. The summed E-state index contributed by atoms with van der Waals surface area (Å²) in [6.45, 7) is 0. The van der Waals surface area contributed by atoms with E-state index in [1.54, 1.807) is 12.4 Å². The van der Waals surface area contributed by atoms with E-state index >= 15 is 0 Å². The Bertz CT molecular complexity index is 1750. The second-order valence-electron chi connectivity index (χ2n) is 8.89. The summed E-state index contributed by atoms with van der Waals surface area (Å²) in [5.74, 6) is 0.847. The van der Waals surface area contributed by atoms with E-state index in [2.05, 4.69) is 64.6 Å². The van der Waals surface area contributed by atoms with Gasteiger partial charge in [-0.2, -0.15) is 0 Å². The molecule has 0 saturated carbocycles. The molecule has 7 aromatic rings.